The van der Waals surface area contributed by atoms with Gasteiger partial charge in [-0.25, -0.2) is 0 Å². The molecule has 1 atom stereocenters. The molecule has 0 aromatic carbocycles. The molecule has 0 spiro atoms. The SMILES string of the molecule is CC/C=C\C/C=C\C/C=C\CCC(O)CCCCC(=O)[O-].[Na+]. The molecule has 0 aromatic rings. The third-order valence-corrected chi connectivity index (χ3v) is 3.11. The van der Waals surface area contributed by atoms with Gasteiger partial charge in [-0.2, -0.15) is 0 Å². The number of hydrogen-bond donors (Lipinski definition) is 1. The van der Waals surface area contributed by atoms with Crippen molar-refractivity contribution in [3.63, 3.8) is 0 Å². The summed E-state index contributed by atoms with van der Waals surface area (Å²) in [4.78, 5) is 10.2. The second kappa shape index (κ2) is 18.7. The molecule has 1 unspecified atom stereocenters. The van der Waals surface area contributed by atoms with Crippen LogP contribution in [-0.2, 0) is 4.79 Å². The molecule has 0 heterocycles. The van der Waals surface area contributed by atoms with E-state index in [9.17, 15) is 15.0 Å². The minimum atomic E-state index is -1.01. The van der Waals surface area contributed by atoms with Crippen molar-refractivity contribution in [2.75, 3.05) is 0 Å². The van der Waals surface area contributed by atoms with Gasteiger partial charge in [0.25, 0.3) is 0 Å². The van der Waals surface area contributed by atoms with Crippen LogP contribution in [0.4, 0.5) is 0 Å². The van der Waals surface area contributed by atoms with Crippen molar-refractivity contribution in [1.82, 2.24) is 0 Å². The van der Waals surface area contributed by atoms with Crippen molar-refractivity contribution in [3.05, 3.63) is 36.5 Å². The average molecular weight is 316 g/mol. The number of carboxylic acid groups (broad SMARTS) is 1. The van der Waals surface area contributed by atoms with Crippen molar-refractivity contribution in [2.45, 2.75) is 70.8 Å². The summed E-state index contributed by atoms with van der Waals surface area (Å²) in [5.74, 6) is -1.01. The molecule has 120 valence electrons. The van der Waals surface area contributed by atoms with Crippen LogP contribution in [0.3, 0.4) is 0 Å². The van der Waals surface area contributed by atoms with Gasteiger partial charge in [-0.15, -0.1) is 0 Å². The number of carbonyl (C=O) groups excluding carboxylic acids is 1. The van der Waals surface area contributed by atoms with Crippen LogP contribution in [0.2, 0.25) is 0 Å². The molecular formula is C18H29NaO3. The number of carboxylic acids is 1. The number of carbonyl (C=O) groups is 1. The molecule has 0 fully saturated rings. The molecule has 0 aromatic heterocycles. The Bertz CT molecular complexity index is 335. The van der Waals surface area contributed by atoms with Crippen LogP contribution in [0.25, 0.3) is 0 Å². The fourth-order valence-corrected chi connectivity index (χ4v) is 1.91. The summed E-state index contributed by atoms with van der Waals surface area (Å²) in [5.41, 5.74) is 0. The van der Waals surface area contributed by atoms with Gasteiger partial charge in [-0.3, -0.25) is 0 Å². The Labute approximate surface area is 157 Å². The van der Waals surface area contributed by atoms with E-state index >= 15 is 0 Å². The van der Waals surface area contributed by atoms with Gasteiger partial charge in [0.05, 0.1) is 6.10 Å². The molecular weight excluding hydrogens is 287 g/mol. The van der Waals surface area contributed by atoms with Gasteiger partial charge in [0, 0.05) is 5.97 Å². The van der Waals surface area contributed by atoms with Crippen LogP contribution >= 0.6 is 0 Å². The number of aliphatic hydroxyl groups is 1. The van der Waals surface area contributed by atoms with E-state index in [0.29, 0.717) is 12.8 Å². The molecule has 0 aliphatic carbocycles. The molecule has 0 aliphatic heterocycles. The summed E-state index contributed by atoms with van der Waals surface area (Å²) < 4.78 is 0. The van der Waals surface area contributed by atoms with Crippen LogP contribution in [0.15, 0.2) is 36.5 Å². The Kier molecular flexibility index (Phi) is 20.3. The molecule has 4 heteroatoms. The van der Waals surface area contributed by atoms with Crippen LogP contribution < -0.4 is 34.7 Å². The van der Waals surface area contributed by atoms with Crippen LogP contribution in [-0.4, -0.2) is 17.2 Å². The van der Waals surface area contributed by atoms with Crippen LogP contribution in [0.5, 0.6) is 0 Å². The number of aliphatic hydroxyl groups excluding tert-OH is 1. The van der Waals surface area contributed by atoms with Gasteiger partial charge in [-0.1, -0.05) is 49.8 Å². The maximum Gasteiger partial charge on any atom is 1.00 e. The number of aliphatic carboxylic acids is 1. The first-order valence-electron chi connectivity index (χ1n) is 7.99. The van der Waals surface area contributed by atoms with Gasteiger partial charge in [0.1, 0.15) is 0 Å². The summed E-state index contributed by atoms with van der Waals surface area (Å²) in [6, 6.07) is 0. The Morgan fingerprint density at radius 3 is 2.18 bits per heavy atom. The first kappa shape index (κ1) is 23.9. The topological polar surface area (TPSA) is 60.4 Å². The van der Waals surface area contributed by atoms with Gasteiger partial charge in [-0.05, 0) is 51.4 Å². The molecule has 0 saturated heterocycles. The van der Waals surface area contributed by atoms with E-state index < -0.39 is 5.97 Å². The summed E-state index contributed by atoms with van der Waals surface area (Å²) in [7, 11) is 0. The minimum absolute atomic E-state index is 0. The second-order valence-corrected chi connectivity index (χ2v) is 5.14. The van der Waals surface area contributed by atoms with E-state index in [2.05, 4.69) is 43.4 Å². The van der Waals surface area contributed by atoms with Crippen molar-refractivity contribution in [3.8, 4) is 0 Å². The third-order valence-electron chi connectivity index (χ3n) is 3.11. The quantitative estimate of drug-likeness (QED) is 0.302. The van der Waals surface area contributed by atoms with Crippen LogP contribution in [0.1, 0.15) is 64.7 Å². The fraction of sp³-hybridized carbons (Fsp3) is 0.611. The van der Waals surface area contributed by atoms with E-state index in [-0.39, 0.29) is 42.1 Å². The molecule has 0 radical (unpaired) electrons. The van der Waals surface area contributed by atoms with Crippen molar-refractivity contribution in [1.29, 1.82) is 0 Å². The molecule has 0 bridgehead atoms. The number of unbranched alkanes of at least 4 members (excludes halogenated alkanes) is 1. The molecule has 0 rings (SSSR count). The Morgan fingerprint density at radius 1 is 1.00 bits per heavy atom. The fourth-order valence-electron chi connectivity index (χ4n) is 1.91. The zero-order chi connectivity index (χ0) is 15.8. The van der Waals surface area contributed by atoms with E-state index in [0.717, 1.165) is 38.5 Å². The Hall–Kier alpha value is -0.350. The molecule has 0 saturated carbocycles. The smallest absolute Gasteiger partial charge is 0.550 e. The first-order chi connectivity index (χ1) is 10.2. The maximum absolute atomic E-state index is 10.2. The molecule has 0 amide bonds. The van der Waals surface area contributed by atoms with E-state index in [1.807, 2.05) is 0 Å². The zero-order valence-corrected chi connectivity index (χ0v) is 16.2. The second-order valence-electron chi connectivity index (χ2n) is 5.14. The standard InChI is InChI=1S/C18H30O3.Na/c1-2-3-4-5-6-7-8-9-10-11-14-17(19)15-12-13-16-18(20)21;/h3-4,6-7,9-10,17,19H,2,5,8,11-16H2,1H3,(H,20,21);/q;+1/p-1/b4-3-,7-6-,10-9-;. The average Bonchev–Trinajstić information content (AvgIpc) is 2.45. The van der Waals surface area contributed by atoms with Crippen LogP contribution in [0, 0.1) is 0 Å². The van der Waals surface area contributed by atoms with Gasteiger partial charge >= 0.3 is 29.6 Å². The summed E-state index contributed by atoms with van der Waals surface area (Å²) in [5, 5.41) is 19.9. The van der Waals surface area contributed by atoms with Crippen molar-refractivity contribution >= 4 is 5.97 Å². The summed E-state index contributed by atoms with van der Waals surface area (Å²) >= 11 is 0. The Morgan fingerprint density at radius 2 is 1.59 bits per heavy atom. The molecule has 0 aliphatic rings. The third kappa shape index (κ3) is 19.7. The number of rotatable bonds is 13. The van der Waals surface area contributed by atoms with Crippen molar-refractivity contribution < 1.29 is 44.6 Å². The van der Waals surface area contributed by atoms with Gasteiger partial charge in [0.2, 0.25) is 0 Å². The Balaban J connectivity index is 0. The largest absolute Gasteiger partial charge is 1.00 e. The number of allylic oxidation sites excluding steroid dienone is 6. The summed E-state index contributed by atoms with van der Waals surface area (Å²) in [6.07, 6.45) is 19.2. The van der Waals surface area contributed by atoms with E-state index in [1.165, 1.54) is 0 Å². The molecule has 1 N–H and O–H groups in total. The predicted octanol–water partition coefficient (Wildman–Crippen LogP) is 0.301. The number of hydrogen-bond acceptors (Lipinski definition) is 3. The van der Waals surface area contributed by atoms with Gasteiger partial charge < -0.3 is 15.0 Å². The normalized spacial score (nSPS) is 13.0. The zero-order valence-electron chi connectivity index (χ0n) is 14.2. The predicted molar refractivity (Wildman–Crippen MR) is 85.7 cm³/mol. The van der Waals surface area contributed by atoms with E-state index in [4.69, 9.17) is 0 Å². The van der Waals surface area contributed by atoms with E-state index in [1.54, 1.807) is 0 Å². The maximum atomic E-state index is 10.2. The first-order valence-corrected chi connectivity index (χ1v) is 7.99. The summed E-state index contributed by atoms with van der Waals surface area (Å²) in [6.45, 7) is 2.13. The molecule has 3 nitrogen and oxygen atoms in total. The molecule has 22 heavy (non-hydrogen) atoms. The monoisotopic (exact) mass is 316 g/mol. The van der Waals surface area contributed by atoms with Gasteiger partial charge in [0.15, 0.2) is 0 Å². The minimum Gasteiger partial charge on any atom is -0.550 e. The van der Waals surface area contributed by atoms with Crippen molar-refractivity contribution in [2.24, 2.45) is 0 Å².